The van der Waals surface area contributed by atoms with Crippen LogP contribution < -0.4 is 10.9 Å². The molecule has 0 amide bonds. The predicted octanol–water partition coefficient (Wildman–Crippen LogP) is 1.75. The van der Waals surface area contributed by atoms with E-state index in [-0.39, 0.29) is 5.56 Å². The number of hydrogen-bond acceptors (Lipinski definition) is 3. The van der Waals surface area contributed by atoms with E-state index >= 15 is 0 Å². The molecule has 80 valence electrons. The van der Waals surface area contributed by atoms with E-state index in [1.807, 2.05) is 0 Å². The van der Waals surface area contributed by atoms with Crippen molar-refractivity contribution in [2.24, 2.45) is 0 Å². The molecule has 15 heavy (non-hydrogen) atoms. The molecule has 0 atom stereocenters. The van der Waals surface area contributed by atoms with Gasteiger partial charge in [0.15, 0.2) is 0 Å². The molecule has 0 aliphatic rings. The summed E-state index contributed by atoms with van der Waals surface area (Å²) < 4.78 is 0.432. The van der Waals surface area contributed by atoms with Crippen molar-refractivity contribution in [2.75, 3.05) is 11.9 Å². The van der Waals surface area contributed by atoms with Crippen molar-refractivity contribution in [3.63, 3.8) is 0 Å². The molecule has 0 radical (unpaired) electrons. The number of nitrogens with one attached hydrogen (secondary N) is 2. The molecule has 1 rings (SSSR count). The minimum Gasteiger partial charge on any atom is -0.369 e. The first-order valence-corrected chi connectivity index (χ1v) is 5.45. The minimum absolute atomic E-state index is 0.184. The van der Waals surface area contributed by atoms with Gasteiger partial charge in [0.2, 0.25) is 0 Å². The Morgan fingerprint density at radius 3 is 3.13 bits per heavy atom. The minimum atomic E-state index is -0.184. The topological polar surface area (TPSA) is 57.8 Å². The third-order valence-electron chi connectivity index (χ3n) is 1.84. The lowest BCUT2D eigenvalue weighted by Crippen LogP contribution is -2.12. The lowest BCUT2D eigenvalue weighted by molar-refractivity contribution is 0.786. The first-order valence-electron chi connectivity index (χ1n) is 4.66. The number of aromatic nitrogens is 2. The van der Waals surface area contributed by atoms with Gasteiger partial charge in [-0.3, -0.25) is 4.79 Å². The number of rotatable bonds is 5. The number of anilines is 1. The average molecular weight is 270 g/mol. The van der Waals surface area contributed by atoms with E-state index in [1.165, 1.54) is 6.33 Å². The predicted molar refractivity (Wildman–Crippen MR) is 63.7 cm³/mol. The SMILES string of the molecule is C#CCCCCNc1nc[nH]c(=O)c1Br. The number of aromatic amines is 1. The molecule has 1 heterocycles. The number of H-pyrrole nitrogens is 1. The highest BCUT2D eigenvalue weighted by molar-refractivity contribution is 9.10. The van der Waals surface area contributed by atoms with Gasteiger partial charge in [-0.2, -0.15) is 0 Å². The summed E-state index contributed by atoms with van der Waals surface area (Å²) in [7, 11) is 0. The average Bonchev–Trinajstić information content (AvgIpc) is 2.24. The first kappa shape index (κ1) is 11.8. The molecule has 0 saturated carbocycles. The fourth-order valence-electron chi connectivity index (χ4n) is 1.07. The largest absolute Gasteiger partial charge is 0.369 e. The van der Waals surface area contributed by atoms with Gasteiger partial charge >= 0.3 is 0 Å². The van der Waals surface area contributed by atoms with Gasteiger partial charge in [-0.25, -0.2) is 4.98 Å². The van der Waals surface area contributed by atoms with Crippen molar-refractivity contribution in [3.05, 3.63) is 21.2 Å². The fourth-order valence-corrected chi connectivity index (χ4v) is 1.42. The van der Waals surface area contributed by atoms with Crippen LogP contribution in [0, 0.1) is 12.3 Å². The molecular weight excluding hydrogens is 258 g/mol. The third kappa shape index (κ3) is 3.76. The standard InChI is InChI=1S/C10H12BrN3O/c1-2-3-4-5-6-12-9-8(11)10(15)14-7-13-9/h1,7H,3-6H2,(H2,12,13,14,15). The summed E-state index contributed by atoms with van der Waals surface area (Å²) in [5.41, 5.74) is -0.184. The summed E-state index contributed by atoms with van der Waals surface area (Å²) in [6.45, 7) is 0.761. The molecular formula is C10H12BrN3O. The van der Waals surface area contributed by atoms with Crippen molar-refractivity contribution < 1.29 is 0 Å². The quantitative estimate of drug-likeness (QED) is 0.633. The number of hydrogen-bond donors (Lipinski definition) is 2. The van der Waals surface area contributed by atoms with Crippen LogP contribution in [0.15, 0.2) is 15.6 Å². The summed E-state index contributed by atoms with van der Waals surface area (Å²) in [4.78, 5) is 17.6. The highest BCUT2D eigenvalue weighted by atomic mass is 79.9. The molecule has 5 heteroatoms. The zero-order valence-electron chi connectivity index (χ0n) is 8.22. The number of terminal acetylenes is 1. The maximum absolute atomic E-state index is 11.2. The van der Waals surface area contributed by atoms with E-state index < -0.39 is 0 Å². The smallest absolute Gasteiger partial charge is 0.267 e. The number of unbranched alkanes of at least 4 members (excludes halogenated alkanes) is 2. The normalized spacial score (nSPS) is 9.60. The highest BCUT2D eigenvalue weighted by Crippen LogP contribution is 2.12. The second kappa shape index (κ2) is 6.25. The Morgan fingerprint density at radius 2 is 2.40 bits per heavy atom. The van der Waals surface area contributed by atoms with Crippen molar-refractivity contribution in [3.8, 4) is 12.3 Å². The van der Waals surface area contributed by atoms with Crippen LogP contribution >= 0.6 is 15.9 Å². The Labute approximate surface area is 96.6 Å². The van der Waals surface area contributed by atoms with Crippen LogP contribution in [0.25, 0.3) is 0 Å². The summed E-state index contributed by atoms with van der Waals surface area (Å²) in [6.07, 6.45) is 9.23. The molecule has 0 aromatic carbocycles. The van der Waals surface area contributed by atoms with E-state index in [0.29, 0.717) is 10.3 Å². The van der Waals surface area contributed by atoms with Crippen LogP contribution in [0.5, 0.6) is 0 Å². The lowest BCUT2D eigenvalue weighted by atomic mass is 10.2. The molecule has 0 spiro atoms. The maximum atomic E-state index is 11.2. The van der Waals surface area contributed by atoms with Crippen LogP contribution in [0.1, 0.15) is 19.3 Å². The summed E-state index contributed by atoms with van der Waals surface area (Å²) >= 11 is 3.16. The van der Waals surface area contributed by atoms with Gasteiger partial charge in [0.05, 0.1) is 6.33 Å². The number of nitrogens with zero attached hydrogens (tertiary/aromatic N) is 1. The monoisotopic (exact) mass is 269 g/mol. The fraction of sp³-hybridized carbons (Fsp3) is 0.400. The Morgan fingerprint density at radius 1 is 1.60 bits per heavy atom. The zero-order chi connectivity index (χ0) is 11.1. The van der Waals surface area contributed by atoms with Gasteiger partial charge < -0.3 is 10.3 Å². The van der Waals surface area contributed by atoms with Gasteiger partial charge in [0.25, 0.3) is 5.56 Å². The van der Waals surface area contributed by atoms with E-state index in [0.717, 1.165) is 25.8 Å². The maximum Gasteiger partial charge on any atom is 0.267 e. The van der Waals surface area contributed by atoms with Crippen LogP contribution in [0.4, 0.5) is 5.82 Å². The molecule has 1 aromatic heterocycles. The van der Waals surface area contributed by atoms with Crippen LogP contribution in [-0.4, -0.2) is 16.5 Å². The van der Waals surface area contributed by atoms with E-state index in [1.54, 1.807) is 0 Å². The second-order valence-electron chi connectivity index (χ2n) is 2.98. The zero-order valence-corrected chi connectivity index (χ0v) is 9.80. The molecule has 0 aliphatic heterocycles. The molecule has 4 nitrogen and oxygen atoms in total. The summed E-state index contributed by atoms with van der Waals surface area (Å²) in [6, 6.07) is 0. The van der Waals surface area contributed by atoms with Gasteiger partial charge in [-0.05, 0) is 28.8 Å². The summed E-state index contributed by atoms with van der Waals surface area (Å²) in [5.74, 6) is 3.15. The van der Waals surface area contributed by atoms with E-state index in [4.69, 9.17) is 6.42 Å². The van der Waals surface area contributed by atoms with Crippen molar-refractivity contribution in [1.82, 2.24) is 9.97 Å². The van der Waals surface area contributed by atoms with Crippen LogP contribution in [0.3, 0.4) is 0 Å². The second-order valence-corrected chi connectivity index (χ2v) is 3.78. The Bertz CT molecular complexity index is 408. The van der Waals surface area contributed by atoms with Gasteiger partial charge in [-0.1, -0.05) is 0 Å². The van der Waals surface area contributed by atoms with Crippen LogP contribution in [-0.2, 0) is 0 Å². The Kier molecular flexibility index (Phi) is 4.91. The molecule has 0 aliphatic carbocycles. The molecule has 0 bridgehead atoms. The molecule has 2 N–H and O–H groups in total. The lowest BCUT2D eigenvalue weighted by Gasteiger charge is -2.05. The van der Waals surface area contributed by atoms with Crippen molar-refractivity contribution in [1.29, 1.82) is 0 Å². The molecule has 1 aromatic rings. The van der Waals surface area contributed by atoms with Gasteiger partial charge in [-0.15, -0.1) is 12.3 Å². The van der Waals surface area contributed by atoms with Crippen molar-refractivity contribution in [2.45, 2.75) is 19.3 Å². The molecule has 0 unspecified atom stereocenters. The first-order chi connectivity index (χ1) is 7.25. The Hall–Kier alpha value is -1.28. The molecule has 0 saturated heterocycles. The van der Waals surface area contributed by atoms with Crippen molar-refractivity contribution >= 4 is 21.7 Å². The number of halogens is 1. The van der Waals surface area contributed by atoms with Crippen LogP contribution in [0.2, 0.25) is 0 Å². The highest BCUT2D eigenvalue weighted by Gasteiger charge is 2.03. The van der Waals surface area contributed by atoms with E-state index in [9.17, 15) is 4.79 Å². The summed E-state index contributed by atoms with van der Waals surface area (Å²) in [5, 5.41) is 3.07. The van der Waals surface area contributed by atoms with Gasteiger partial charge in [0, 0.05) is 13.0 Å². The van der Waals surface area contributed by atoms with Gasteiger partial charge in [0.1, 0.15) is 10.3 Å². The molecule has 0 fully saturated rings. The third-order valence-corrected chi connectivity index (χ3v) is 2.57. The Balaban J connectivity index is 2.42. The van der Waals surface area contributed by atoms with E-state index in [2.05, 4.69) is 37.1 Å².